The van der Waals surface area contributed by atoms with Crippen molar-refractivity contribution in [1.82, 2.24) is 4.98 Å². The maximum atomic E-state index is 13.5. The summed E-state index contributed by atoms with van der Waals surface area (Å²) in [6.07, 6.45) is 2.05. The molecule has 2 unspecified atom stereocenters. The molecule has 3 nitrogen and oxygen atoms in total. The first-order valence-electron chi connectivity index (χ1n) is 14.1. The van der Waals surface area contributed by atoms with Crippen LogP contribution in [0.4, 0.5) is 13.2 Å². The Kier molecular flexibility index (Phi) is 8.14. The molecule has 2 heterocycles. The summed E-state index contributed by atoms with van der Waals surface area (Å²) in [7, 11) is -2.18. The van der Waals surface area contributed by atoms with Crippen LogP contribution in [0.25, 0.3) is 0 Å². The Labute approximate surface area is 237 Å². The van der Waals surface area contributed by atoms with Crippen LogP contribution in [0.5, 0.6) is 0 Å². The summed E-state index contributed by atoms with van der Waals surface area (Å²) in [5.74, 6) is 0.0635. The highest BCUT2D eigenvalue weighted by molar-refractivity contribution is 7.12. The zero-order valence-electron chi connectivity index (χ0n) is 24.8. The van der Waals surface area contributed by atoms with Crippen LogP contribution in [0.15, 0.2) is 24.3 Å². The molecule has 0 radical (unpaired) electrons. The number of aliphatic hydroxyl groups is 1. The van der Waals surface area contributed by atoms with Gasteiger partial charge in [-0.15, -0.1) is 11.3 Å². The number of hydrogen-bond acceptors (Lipinski definition) is 4. The van der Waals surface area contributed by atoms with Crippen LogP contribution >= 0.6 is 11.3 Å². The number of nitrogens with zero attached hydrogens (tertiary/aromatic N) is 1. The van der Waals surface area contributed by atoms with Gasteiger partial charge in [-0.2, -0.15) is 13.2 Å². The van der Waals surface area contributed by atoms with Gasteiger partial charge in [-0.05, 0) is 72.8 Å². The fourth-order valence-electron chi connectivity index (χ4n) is 5.76. The predicted molar refractivity (Wildman–Crippen MR) is 156 cm³/mol. The summed E-state index contributed by atoms with van der Waals surface area (Å²) in [6.45, 7) is 19.8. The van der Waals surface area contributed by atoms with Crippen LogP contribution in [-0.4, -0.2) is 18.4 Å². The number of rotatable bonds is 6. The van der Waals surface area contributed by atoms with Crippen LogP contribution < -0.4 is 0 Å². The van der Waals surface area contributed by atoms with Gasteiger partial charge in [-0.3, -0.25) is 4.98 Å². The standard InChI is InChI=1S/C31H44F3NO2SSi/c1-18(2)27-26(28(36)22-14-15-23(38-22)31(32,33)34)24(19-12-10-11-13-19)25-20(35-27)16-30(6,7)17-21(25)37-39(8,9)29(3,4)5/h10,12,14-15,18-19,21,28,36H,11,13,16-17H2,1-9H3/t19?,21?,28-/m1/s1. The van der Waals surface area contributed by atoms with E-state index in [1.165, 1.54) is 6.07 Å². The van der Waals surface area contributed by atoms with Crippen molar-refractivity contribution in [3.63, 3.8) is 0 Å². The lowest BCUT2D eigenvalue weighted by atomic mass is 9.70. The van der Waals surface area contributed by atoms with E-state index in [0.717, 1.165) is 54.3 Å². The average molecular weight is 580 g/mol. The quantitative estimate of drug-likeness (QED) is 0.274. The molecule has 39 heavy (non-hydrogen) atoms. The van der Waals surface area contributed by atoms with Gasteiger partial charge in [0, 0.05) is 33.3 Å². The lowest BCUT2D eigenvalue weighted by Gasteiger charge is -2.45. The minimum Gasteiger partial charge on any atom is -0.410 e. The Morgan fingerprint density at radius 1 is 1.13 bits per heavy atom. The van der Waals surface area contributed by atoms with E-state index in [2.05, 4.69) is 59.9 Å². The molecule has 2 aromatic rings. The van der Waals surface area contributed by atoms with E-state index in [1.54, 1.807) is 0 Å². The van der Waals surface area contributed by atoms with Crippen LogP contribution in [0.2, 0.25) is 18.1 Å². The zero-order valence-corrected chi connectivity index (χ0v) is 26.6. The summed E-state index contributed by atoms with van der Waals surface area (Å²) >= 11 is 0.621. The molecule has 2 aliphatic carbocycles. The third-order valence-corrected chi connectivity index (χ3v) is 14.4. The van der Waals surface area contributed by atoms with Crippen molar-refractivity contribution in [3.05, 3.63) is 62.1 Å². The molecule has 4 rings (SSSR count). The number of halogens is 3. The molecule has 0 spiro atoms. The summed E-state index contributed by atoms with van der Waals surface area (Å²) < 4.78 is 47.6. The number of fused-ring (bicyclic) bond motifs is 1. The Hall–Kier alpha value is -1.48. The number of thiophene rings is 1. The van der Waals surface area contributed by atoms with Gasteiger partial charge in [0.1, 0.15) is 11.0 Å². The molecule has 0 saturated heterocycles. The summed E-state index contributed by atoms with van der Waals surface area (Å²) in [5.41, 5.74) is 4.57. The topological polar surface area (TPSA) is 42.4 Å². The van der Waals surface area contributed by atoms with Crippen molar-refractivity contribution in [2.75, 3.05) is 0 Å². The number of pyridine rings is 1. The third kappa shape index (κ3) is 6.09. The molecule has 0 fully saturated rings. The van der Waals surface area contributed by atoms with Gasteiger partial charge < -0.3 is 9.53 Å². The van der Waals surface area contributed by atoms with E-state index in [1.807, 2.05) is 13.8 Å². The molecule has 0 aromatic carbocycles. The van der Waals surface area contributed by atoms with Crippen LogP contribution in [-0.2, 0) is 17.0 Å². The monoisotopic (exact) mass is 579 g/mol. The van der Waals surface area contributed by atoms with Gasteiger partial charge in [-0.25, -0.2) is 0 Å². The SMILES string of the molecule is CC(C)c1nc2c(c(C3C=CCC3)c1[C@H](O)c1ccc(C(F)(F)F)s1)C(O[Si](C)(C)C(C)(C)C)CC(C)(C)C2. The van der Waals surface area contributed by atoms with E-state index < -0.39 is 25.5 Å². The fraction of sp³-hybridized carbons (Fsp3) is 0.645. The second-order valence-electron chi connectivity index (χ2n) is 14.0. The number of hydrogen-bond donors (Lipinski definition) is 1. The van der Waals surface area contributed by atoms with E-state index in [9.17, 15) is 18.3 Å². The molecule has 2 aliphatic rings. The fourth-order valence-corrected chi connectivity index (χ4v) is 7.89. The molecular weight excluding hydrogens is 535 g/mol. The molecule has 0 saturated carbocycles. The first kappa shape index (κ1) is 30.5. The summed E-state index contributed by atoms with van der Waals surface area (Å²) in [6, 6.07) is 2.49. The highest BCUT2D eigenvalue weighted by Crippen LogP contribution is 2.53. The van der Waals surface area contributed by atoms with Crippen molar-refractivity contribution in [3.8, 4) is 0 Å². The molecule has 1 N–H and O–H groups in total. The molecule has 2 aromatic heterocycles. The Morgan fingerprint density at radius 3 is 2.31 bits per heavy atom. The van der Waals surface area contributed by atoms with E-state index in [4.69, 9.17) is 9.41 Å². The Morgan fingerprint density at radius 2 is 1.79 bits per heavy atom. The van der Waals surface area contributed by atoms with Gasteiger partial charge in [0.15, 0.2) is 8.32 Å². The van der Waals surface area contributed by atoms with Crippen molar-refractivity contribution in [1.29, 1.82) is 0 Å². The van der Waals surface area contributed by atoms with Gasteiger partial charge in [-0.1, -0.05) is 60.6 Å². The minimum absolute atomic E-state index is 0.00377. The van der Waals surface area contributed by atoms with Gasteiger partial charge in [0.25, 0.3) is 0 Å². The van der Waals surface area contributed by atoms with Gasteiger partial charge in [0.05, 0.1) is 6.10 Å². The van der Waals surface area contributed by atoms with E-state index in [-0.39, 0.29) is 28.4 Å². The van der Waals surface area contributed by atoms with Crippen molar-refractivity contribution < 1.29 is 22.7 Å². The van der Waals surface area contributed by atoms with E-state index >= 15 is 0 Å². The molecule has 8 heteroatoms. The first-order valence-corrected chi connectivity index (χ1v) is 17.8. The van der Waals surface area contributed by atoms with Crippen molar-refractivity contribution in [2.24, 2.45) is 5.41 Å². The van der Waals surface area contributed by atoms with Crippen molar-refractivity contribution in [2.45, 2.75) is 123 Å². The third-order valence-electron chi connectivity index (χ3n) is 8.75. The lowest BCUT2D eigenvalue weighted by Crippen LogP contribution is -2.44. The molecule has 0 amide bonds. The molecule has 0 bridgehead atoms. The molecule has 0 aliphatic heterocycles. The van der Waals surface area contributed by atoms with Crippen LogP contribution in [0, 0.1) is 5.41 Å². The van der Waals surface area contributed by atoms with Crippen molar-refractivity contribution >= 4 is 19.7 Å². The number of aromatic nitrogens is 1. The predicted octanol–water partition coefficient (Wildman–Crippen LogP) is 9.84. The largest absolute Gasteiger partial charge is 0.425 e. The lowest BCUT2D eigenvalue weighted by molar-refractivity contribution is -0.134. The second kappa shape index (κ2) is 10.4. The van der Waals surface area contributed by atoms with E-state index in [0.29, 0.717) is 21.8 Å². The number of alkyl halides is 3. The normalized spacial score (nSPS) is 22.4. The molecular formula is C31H44F3NO2SSi. The Balaban J connectivity index is 1.99. The molecule has 3 atom stereocenters. The van der Waals surface area contributed by atoms with Crippen LogP contribution in [0.1, 0.15) is 130 Å². The summed E-state index contributed by atoms with van der Waals surface area (Å²) in [4.78, 5) is 4.82. The number of aliphatic hydroxyl groups excluding tert-OH is 1. The smallest absolute Gasteiger partial charge is 0.410 e. The average Bonchev–Trinajstić information content (AvgIpc) is 3.47. The van der Waals surface area contributed by atoms with Gasteiger partial charge >= 0.3 is 6.18 Å². The number of allylic oxidation sites excluding steroid dienone is 2. The molecule has 216 valence electrons. The van der Waals surface area contributed by atoms with Gasteiger partial charge in [0.2, 0.25) is 0 Å². The summed E-state index contributed by atoms with van der Waals surface area (Å²) in [5, 5.41) is 11.9. The second-order valence-corrected chi connectivity index (χ2v) is 19.8. The zero-order chi connectivity index (χ0) is 29.1. The first-order chi connectivity index (χ1) is 17.8. The van der Waals surface area contributed by atoms with Crippen LogP contribution in [0.3, 0.4) is 0 Å². The maximum Gasteiger partial charge on any atom is 0.425 e. The maximum absolute atomic E-state index is 13.5. The highest BCUT2D eigenvalue weighted by Gasteiger charge is 2.45. The Bertz CT molecular complexity index is 1240. The minimum atomic E-state index is -4.44. The highest BCUT2D eigenvalue weighted by atomic mass is 32.1.